The van der Waals surface area contributed by atoms with E-state index < -0.39 is 28.0 Å². The van der Waals surface area contributed by atoms with Crippen LogP contribution in [0.5, 0.6) is 0 Å². The highest BCUT2D eigenvalue weighted by molar-refractivity contribution is 7.99. The Labute approximate surface area is 260 Å². The van der Waals surface area contributed by atoms with Crippen LogP contribution in [-0.2, 0) is 19.7 Å². The zero-order chi connectivity index (χ0) is 31.9. The van der Waals surface area contributed by atoms with Crippen LogP contribution in [0.15, 0.2) is 95.6 Å². The Balaban J connectivity index is 0.00000119. The standard InChI is InChI=1S/C31H37N2O3PS.CH4O3S/c1-25(34)24-29(31(2,3)38-33-36)30(35)32-22-14-7-15-23-37(26-16-8-4-9-17-26,27-18-10-5-11-19-27)28-20-12-6-13-21-28;1-5(2,3)4/h4-6,8-13,16-21,29H,7,14-15,22-24H2,1-3H3;1H3,(H,2,3,4). The number of carbonyl (C=O) groups excluding carboxylic acids is 2. The molecule has 3 aromatic rings. The first-order chi connectivity index (χ1) is 20.3. The molecule has 11 heteroatoms. The highest BCUT2D eigenvalue weighted by atomic mass is 32.2. The minimum atomic E-state index is -3.92. The van der Waals surface area contributed by atoms with Crippen molar-refractivity contribution in [2.75, 3.05) is 19.0 Å². The average Bonchev–Trinajstić information content (AvgIpc) is 2.96. The number of rotatable bonds is 15. The number of hydrogen-bond acceptors (Lipinski definition) is 8. The quantitative estimate of drug-likeness (QED) is 0.0789. The largest absolute Gasteiger partial charge is 0.748 e. The number of hydrogen-bond donors (Lipinski definition) is 1. The van der Waals surface area contributed by atoms with E-state index in [4.69, 9.17) is 13.0 Å². The van der Waals surface area contributed by atoms with Gasteiger partial charge in [-0.3, -0.25) is 4.79 Å². The van der Waals surface area contributed by atoms with Crippen molar-refractivity contribution in [3.8, 4) is 0 Å². The SMILES string of the molecule is CC(=O)CC(C(=O)NCCCCC[P+](c1ccccc1)(c1ccccc1)c1ccccc1)C(C)(C)SN=O.CS(=O)(=O)[O-]. The van der Waals surface area contributed by atoms with Crippen molar-refractivity contribution >= 4 is 56.9 Å². The fourth-order valence-electron chi connectivity index (χ4n) is 4.97. The van der Waals surface area contributed by atoms with Crippen molar-refractivity contribution in [1.82, 2.24) is 5.32 Å². The van der Waals surface area contributed by atoms with Gasteiger partial charge in [0.1, 0.15) is 29.0 Å². The number of nitrogens with zero attached hydrogens (tertiary/aromatic N) is 1. The summed E-state index contributed by atoms with van der Waals surface area (Å²) >= 11 is 0.816. The second-order valence-electron chi connectivity index (χ2n) is 10.8. The molecular formula is C32H41N2O6PS2. The van der Waals surface area contributed by atoms with E-state index in [1.54, 1.807) is 13.8 Å². The molecule has 232 valence electrons. The smallest absolute Gasteiger partial charge is 0.225 e. The lowest BCUT2D eigenvalue weighted by Crippen LogP contribution is -2.42. The minimum Gasteiger partial charge on any atom is -0.748 e. The zero-order valence-corrected chi connectivity index (χ0v) is 27.7. The van der Waals surface area contributed by atoms with E-state index in [9.17, 15) is 14.5 Å². The number of nitrogens with one attached hydrogen (secondary N) is 1. The molecular weight excluding hydrogens is 603 g/mol. The van der Waals surface area contributed by atoms with Crippen LogP contribution in [0.25, 0.3) is 0 Å². The molecule has 1 unspecified atom stereocenters. The molecule has 0 fully saturated rings. The van der Waals surface area contributed by atoms with Crippen molar-refractivity contribution < 1.29 is 22.6 Å². The van der Waals surface area contributed by atoms with Crippen LogP contribution in [0.2, 0.25) is 0 Å². The number of carbonyl (C=O) groups is 2. The third-order valence-electron chi connectivity index (χ3n) is 6.98. The Kier molecular flexibility index (Phi) is 14.7. The van der Waals surface area contributed by atoms with Crippen molar-refractivity contribution in [3.05, 3.63) is 95.9 Å². The summed E-state index contributed by atoms with van der Waals surface area (Å²) in [5, 5.41) is 7.13. The summed E-state index contributed by atoms with van der Waals surface area (Å²) in [4.78, 5) is 35.6. The lowest BCUT2D eigenvalue weighted by molar-refractivity contribution is -0.129. The van der Waals surface area contributed by atoms with E-state index in [1.165, 1.54) is 22.8 Å². The number of ketones is 1. The highest BCUT2D eigenvalue weighted by Gasteiger charge is 2.44. The van der Waals surface area contributed by atoms with Crippen molar-refractivity contribution in [2.24, 2.45) is 10.5 Å². The predicted octanol–water partition coefficient (Wildman–Crippen LogP) is 5.22. The molecule has 0 heterocycles. The molecule has 3 aromatic carbocycles. The van der Waals surface area contributed by atoms with E-state index in [0.717, 1.165) is 37.4 Å². The normalized spacial score (nSPS) is 12.4. The van der Waals surface area contributed by atoms with Gasteiger partial charge in [0, 0.05) is 40.5 Å². The van der Waals surface area contributed by atoms with Gasteiger partial charge in [0.15, 0.2) is 0 Å². The van der Waals surface area contributed by atoms with Gasteiger partial charge < -0.3 is 14.7 Å². The first-order valence-corrected chi connectivity index (χ1v) is 18.6. The van der Waals surface area contributed by atoms with Crippen LogP contribution in [0.4, 0.5) is 0 Å². The molecule has 0 bridgehead atoms. The lowest BCUT2D eigenvalue weighted by Gasteiger charge is -2.29. The molecule has 1 N–H and O–H groups in total. The first kappa shape index (κ1) is 36.3. The van der Waals surface area contributed by atoms with Crippen LogP contribution in [0.3, 0.4) is 0 Å². The lowest BCUT2D eigenvalue weighted by atomic mass is 9.89. The molecule has 0 aromatic heterocycles. The summed E-state index contributed by atoms with van der Waals surface area (Å²) in [5.74, 6) is -0.871. The molecule has 3 rings (SSSR count). The van der Waals surface area contributed by atoms with Gasteiger partial charge in [0.05, 0.1) is 22.2 Å². The summed E-state index contributed by atoms with van der Waals surface area (Å²) in [5.41, 5.74) is 0. The van der Waals surface area contributed by atoms with Gasteiger partial charge >= 0.3 is 0 Å². The molecule has 43 heavy (non-hydrogen) atoms. The van der Waals surface area contributed by atoms with Crippen LogP contribution in [-0.4, -0.2) is 48.4 Å². The van der Waals surface area contributed by atoms with Gasteiger partial charge in [-0.15, -0.1) is 4.91 Å². The maximum absolute atomic E-state index is 12.9. The number of unbranched alkanes of at least 4 members (excludes halogenated alkanes) is 2. The summed E-state index contributed by atoms with van der Waals surface area (Å²) in [6, 6.07) is 32.5. The van der Waals surface area contributed by atoms with Crippen LogP contribution in [0.1, 0.15) is 46.5 Å². The van der Waals surface area contributed by atoms with E-state index in [2.05, 4.69) is 101 Å². The van der Waals surface area contributed by atoms with Crippen molar-refractivity contribution in [2.45, 2.75) is 51.2 Å². The second-order valence-corrected chi connectivity index (χ2v) is 17.2. The maximum atomic E-state index is 12.9. The number of amides is 1. The van der Waals surface area contributed by atoms with Crippen molar-refractivity contribution in [3.63, 3.8) is 0 Å². The fraction of sp³-hybridized carbons (Fsp3) is 0.375. The molecule has 0 saturated carbocycles. The third-order valence-corrected chi connectivity index (χ3v) is 12.3. The number of benzene rings is 3. The predicted molar refractivity (Wildman–Crippen MR) is 179 cm³/mol. The van der Waals surface area contributed by atoms with Crippen LogP contribution >= 0.6 is 19.2 Å². The Morgan fingerprint density at radius 3 is 1.65 bits per heavy atom. The Morgan fingerprint density at radius 1 is 0.860 bits per heavy atom. The maximum Gasteiger partial charge on any atom is 0.225 e. The van der Waals surface area contributed by atoms with Gasteiger partial charge in [-0.2, -0.15) is 0 Å². The minimum absolute atomic E-state index is 0.0761. The van der Waals surface area contributed by atoms with Crippen LogP contribution in [0, 0.1) is 10.8 Å². The van der Waals surface area contributed by atoms with Gasteiger partial charge in [-0.1, -0.05) is 54.6 Å². The topological polar surface area (TPSA) is 133 Å². The first-order valence-electron chi connectivity index (χ1n) is 14.0. The second kappa shape index (κ2) is 17.4. The summed E-state index contributed by atoms with van der Waals surface area (Å²) in [6.07, 6.45) is 4.58. The summed E-state index contributed by atoms with van der Waals surface area (Å²) in [7, 11) is -5.77. The van der Waals surface area contributed by atoms with Gasteiger partial charge in [0.25, 0.3) is 0 Å². The Hall–Kier alpha value is -2.91. The number of Topliss-reactive ketones (excluding diaryl/α,β-unsaturated/α-hetero) is 1. The number of nitroso groups, excluding NO2 is 1. The fourth-order valence-corrected chi connectivity index (χ4v) is 9.89. The van der Waals surface area contributed by atoms with Crippen molar-refractivity contribution in [1.29, 1.82) is 0 Å². The van der Waals surface area contributed by atoms with E-state index in [-0.39, 0.29) is 18.1 Å². The molecule has 1 amide bonds. The molecule has 0 aliphatic rings. The third kappa shape index (κ3) is 11.9. The Bertz CT molecular complexity index is 1300. The summed E-state index contributed by atoms with van der Waals surface area (Å²) in [6.45, 7) is 5.57. The molecule has 0 aliphatic carbocycles. The zero-order valence-electron chi connectivity index (χ0n) is 25.1. The molecule has 0 aliphatic heterocycles. The van der Waals surface area contributed by atoms with Crippen LogP contribution < -0.4 is 21.2 Å². The van der Waals surface area contributed by atoms with E-state index >= 15 is 0 Å². The Morgan fingerprint density at radius 2 is 1.28 bits per heavy atom. The summed E-state index contributed by atoms with van der Waals surface area (Å²) < 4.78 is 29.4. The average molecular weight is 645 g/mol. The molecule has 0 spiro atoms. The van der Waals surface area contributed by atoms with E-state index in [0.29, 0.717) is 12.8 Å². The molecule has 0 radical (unpaired) electrons. The van der Waals surface area contributed by atoms with Gasteiger partial charge in [-0.05, 0) is 76.4 Å². The monoisotopic (exact) mass is 644 g/mol. The molecule has 8 nitrogen and oxygen atoms in total. The van der Waals surface area contributed by atoms with Gasteiger partial charge in [-0.25, -0.2) is 8.42 Å². The van der Waals surface area contributed by atoms with Gasteiger partial charge in [0.2, 0.25) is 5.91 Å². The molecule has 0 saturated heterocycles. The highest BCUT2D eigenvalue weighted by Crippen LogP contribution is 2.55. The molecule has 1 atom stereocenters. The van der Waals surface area contributed by atoms with E-state index in [1.807, 2.05) is 0 Å².